The molecule has 19 heteroatoms. The first kappa shape index (κ1) is 40.6. The van der Waals surface area contributed by atoms with Gasteiger partial charge in [0.2, 0.25) is 23.7 Å². The summed E-state index contributed by atoms with van der Waals surface area (Å²) in [7, 11) is 3.30. The van der Waals surface area contributed by atoms with Crippen LogP contribution in [0, 0.1) is 13.8 Å². The SMILES string of the molecule is CCn1cc(C)nc1C(=O)Nc1nc2cc(C(N)=O)cc(OCCCNC)c2n1C/C=C/Cn1c(NC(=O)c2cc(C)nn2CC)nc2cc(C(N)=O)cc(OC)c21. The van der Waals surface area contributed by atoms with Crippen LogP contribution >= 0.6 is 0 Å². The van der Waals surface area contributed by atoms with Crippen molar-refractivity contribution in [3.63, 3.8) is 0 Å². The van der Waals surface area contributed by atoms with E-state index in [1.54, 1.807) is 56.6 Å². The maximum absolute atomic E-state index is 13.7. The van der Waals surface area contributed by atoms with E-state index in [2.05, 4.69) is 31.0 Å². The van der Waals surface area contributed by atoms with Crippen molar-refractivity contribution in [3.8, 4) is 11.5 Å². The number of amides is 4. The van der Waals surface area contributed by atoms with Crippen molar-refractivity contribution in [2.45, 2.75) is 60.3 Å². The lowest BCUT2D eigenvalue weighted by Crippen LogP contribution is -2.20. The van der Waals surface area contributed by atoms with Crippen LogP contribution in [0.4, 0.5) is 11.9 Å². The molecule has 0 saturated heterocycles. The van der Waals surface area contributed by atoms with Gasteiger partial charge in [-0.15, -0.1) is 0 Å². The number of allylic oxidation sites excluding steroid dienone is 2. The quantitative estimate of drug-likeness (QED) is 0.0624. The molecular formula is C39H47N13O6. The lowest BCUT2D eigenvalue weighted by atomic mass is 10.1. The standard InChI is InChI=1S/C39H47N13O6/c1-7-49-21-23(4)43-35(49)37(56)47-39-45-27-18-25(34(41)54)20-30(58-15-11-12-42-5)32(27)51(39)14-10-9-13-50-31-26(17-24(33(40)53)19-29(31)57-6)44-38(50)46-36(55)28-16-22(3)48-52(28)8-2/h9-10,16-21,42H,7-8,11-15H2,1-6H3,(H2,40,53)(H2,41,54)(H,44,46,55)(H,45,47,56)/b10-9+. The van der Waals surface area contributed by atoms with Crippen LogP contribution in [-0.4, -0.2) is 89.4 Å². The molecule has 0 aliphatic carbocycles. The van der Waals surface area contributed by atoms with E-state index in [0.717, 1.165) is 0 Å². The number of carbonyl (C=O) groups is 4. The first-order valence-corrected chi connectivity index (χ1v) is 18.7. The molecule has 7 N–H and O–H groups in total. The number of aromatic nitrogens is 8. The molecule has 4 heterocycles. The highest BCUT2D eigenvalue weighted by Crippen LogP contribution is 2.33. The molecule has 0 bridgehead atoms. The summed E-state index contributed by atoms with van der Waals surface area (Å²) in [5.41, 5.74) is 15.2. The van der Waals surface area contributed by atoms with Crippen LogP contribution in [0.1, 0.15) is 73.5 Å². The molecule has 0 aliphatic heterocycles. The Balaban J connectivity index is 1.41. The Labute approximate surface area is 333 Å². The molecule has 4 aromatic heterocycles. The summed E-state index contributed by atoms with van der Waals surface area (Å²) in [5, 5.41) is 13.3. The van der Waals surface area contributed by atoms with E-state index in [0.29, 0.717) is 83.3 Å². The summed E-state index contributed by atoms with van der Waals surface area (Å²) in [6.45, 7) is 9.78. The van der Waals surface area contributed by atoms with E-state index < -0.39 is 23.6 Å². The van der Waals surface area contributed by atoms with Crippen molar-refractivity contribution in [2.75, 3.05) is 37.9 Å². The van der Waals surface area contributed by atoms with Crippen molar-refractivity contribution in [3.05, 3.63) is 82.7 Å². The maximum Gasteiger partial charge on any atom is 0.293 e. The number of benzene rings is 2. The number of nitrogens with one attached hydrogen (secondary N) is 3. The van der Waals surface area contributed by atoms with Crippen LogP contribution in [0.15, 0.2) is 48.7 Å². The number of anilines is 2. The lowest BCUT2D eigenvalue weighted by Gasteiger charge is -2.13. The van der Waals surface area contributed by atoms with Crippen molar-refractivity contribution in [1.82, 2.24) is 43.8 Å². The van der Waals surface area contributed by atoms with Crippen LogP contribution in [0.5, 0.6) is 11.5 Å². The predicted octanol–water partition coefficient (Wildman–Crippen LogP) is 3.39. The Kier molecular flexibility index (Phi) is 12.2. The van der Waals surface area contributed by atoms with Crippen LogP contribution in [0.25, 0.3) is 22.1 Å². The summed E-state index contributed by atoms with van der Waals surface area (Å²) in [6.07, 6.45) is 6.15. The van der Waals surface area contributed by atoms with Gasteiger partial charge in [0.1, 0.15) is 28.2 Å². The van der Waals surface area contributed by atoms with Crippen molar-refractivity contribution >= 4 is 57.6 Å². The van der Waals surface area contributed by atoms with E-state index in [-0.39, 0.29) is 41.9 Å². The lowest BCUT2D eigenvalue weighted by molar-refractivity contribution is 0.0991. The molecule has 0 saturated carbocycles. The normalized spacial score (nSPS) is 11.5. The Hall–Kier alpha value is -7.02. The minimum atomic E-state index is -0.667. The largest absolute Gasteiger partial charge is 0.494 e. The molecule has 2 aromatic carbocycles. The van der Waals surface area contributed by atoms with Crippen molar-refractivity contribution in [2.24, 2.45) is 11.5 Å². The Morgan fingerprint density at radius 1 is 0.776 bits per heavy atom. The van der Waals surface area contributed by atoms with Crippen LogP contribution < -0.4 is 36.9 Å². The molecule has 0 fully saturated rings. The Morgan fingerprint density at radius 2 is 1.36 bits per heavy atom. The molecule has 0 aliphatic rings. The summed E-state index contributed by atoms with van der Waals surface area (Å²) in [6, 6.07) is 7.86. The number of ether oxygens (including phenoxy) is 2. The monoisotopic (exact) mass is 793 g/mol. The minimum Gasteiger partial charge on any atom is -0.494 e. The van der Waals surface area contributed by atoms with E-state index >= 15 is 0 Å². The van der Waals surface area contributed by atoms with E-state index in [4.69, 9.17) is 25.9 Å². The summed E-state index contributed by atoms with van der Waals surface area (Å²) >= 11 is 0. The summed E-state index contributed by atoms with van der Waals surface area (Å²) < 4.78 is 18.7. The van der Waals surface area contributed by atoms with Crippen LogP contribution in [0.3, 0.4) is 0 Å². The van der Waals surface area contributed by atoms with E-state index in [1.165, 1.54) is 19.2 Å². The third-order valence-corrected chi connectivity index (χ3v) is 9.30. The molecule has 0 spiro atoms. The topological polar surface area (TPSA) is 246 Å². The number of nitrogens with zero attached hydrogens (tertiary/aromatic N) is 8. The molecule has 58 heavy (non-hydrogen) atoms. The smallest absolute Gasteiger partial charge is 0.293 e. The average molecular weight is 794 g/mol. The molecule has 304 valence electrons. The first-order chi connectivity index (χ1) is 27.9. The van der Waals surface area contributed by atoms with Gasteiger partial charge in [-0.1, -0.05) is 12.2 Å². The maximum atomic E-state index is 13.7. The van der Waals surface area contributed by atoms with E-state index in [9.17, 15) is 19.2 Å². The number of nitrogens with two attached hydrogens (primary N) is 2. The molecule has 0 radical (unpaired) electrons. The number of imidazole rings is 3. The third kappa shape index (κ3) is 8.38. The molecule has 19 nitrogen and oxygen atoms in total. The zero-order chi connectivity index (χ0) is 41.7. The van der Waals surface area contributed by atoms with Gasteiger partial charge in [0.15, 0.2) is 5.82 Å². The van der Waals surface area contributed by atoms with Gasteiger partial charge in [-0.25, -0.2) is 15.0 Å². The number of carbonyl (C=O) groups excluding carboxylic acids is 4. The fourth-order valence-electron chi connectivity index (χ4n) is 6.61. The number of methoxy groups -OCH3 is 1. The van der Waals surface area contributed by atoms with Gasteiger partial charge >= 0.3 is 0 Å². The first-order valence-electron chi connectivity index (χ1n) is 18.7. The Morgan fingerprint density at radius 3 is 1.91 bits per heavy atom. The van der Waals surface area contributed by atoms with Gasteiger partial charge in [0.05, 0.1) is 36.1 Å². The summed E-state index contributed by atoms with van der Waals surface area (Å²) in [5.74, 6) is -0.985. The summed E-state index contributed by atoms with van der Waals surface area (Å²) in [4.78, 5) is 65.7. The molecule has 4 amide bonds. The van der Waals surface area contributed by atoms with Gasteiger partial charge < -0.3 is 40.0 Å². The van der Waals surface area contributed by atoms with Crippen molar-refractivity contribution in [1.29, 1.82) is 0 Å². The van der Waals surface area contributed by atoms with Gasteiger partial charge in [-0.05, 0) is 78.0 Å². The van der Waals surface area contributed by atoms with Crippen LogP contribution in [-0.2, 0) is 26.2 Å². The second kappa shape index (κ2) is 17.4. The second-order valence-corrected chi connectivity index (χ2v) is 13.4. The zero-order valence-corrected chi connectivity index (χ0v) is 33.3. The van der Waals surface area contributed by atoms with Gasteiger partial charge in [0, 0.05) is 43.5 Å². The molecule has 6 aromatic rings. The number of rotatable bonds is 18. The van der Waals surface area contributed by atoms with Gasteiger partial charge in [0.25, 0.3) is 11.8 Å². The van der Waals surface area contributed by atoms with Gasteiger partial charge in [-0.3, -0.25) is 34.5 Å². The van der Waals surface area contributed by atoms with Gasteiger partial charge in [-0.2, -0.15) is 5.10 Å². The Bertz CT molecular complexity index is 2560. The fraction of sp³-hybridized carbons (Fsp3) is 0.333. The number of aryl methyl sites for hydroxylation is 4. The minimum absolute atomic E-state index is 0.169. The average Bonchev–Trinajstić information content (AvgIpc) is 3.96. The predicted molar refractivity (Wildman–Crippen MR) is 217 cm³/mol. The number of primary amides is 2. The zero-order valence-electron chi connectivity index (χ0n) is 33.3. The molecule has 6 rings (SSSR count). The number of fused-ring (bicyclic) bond motifs is 2. The number of hydrogen-bond acceptors (Lipinski definition) is 11. The second-order valence-electron chi connectivity index (χ2n) is 13.4. The number of hydrogen-bond donors (Lipinski definition) is 5. The van der Waals surface area contributed by atoms with E-state index in [1.807, 2.05) is 33.0 Å². The molecule has 0 unspecified atom stereocenters. The highest BCUT2D eigenvalue weighted by Gasteiger charge is 2.24. The van der Waals surface area contributed by atoms with Crippen LogP contribution in [0.2, 0.25) is 0 Å². The highest BCUT2D eigenvalue weighted by atomic mass is 16.5. The molecular weight excluding hydrogens is 747 g/mol. The van der Waals surface area contributed by atoms with Crippen molar-refractivity contribution < 1.29 is 28.7 Å². The molecule has 0 atom stereocenters. The highest BCUT2D eigenvalue weighted by molar-refractivity contribution is 6.05. The fourth-order valence-corrected chi connectivity index (χ4v) is 6.61. The third-order valence-electron chi connectivity index (χ3n) is 9.30.